The van der Waals surface area contributed by atoms with Crippen LogP contribution in [-0.4, -0.2) is 20.9 Å². The molecule has 0 saturated heterocycles. The van der Waals surface area contributed by atoms with Gasteiger partial charge in [0.2, 0.25) is 0 Å². The van der Waals surface area contributed by atoms with Gasteiger partial charge in [0, 0.05) is 11.8 Å². The summed E-state index contributed by atoms with van der Waals surface area (Å²) in [4.78, 5) is 11.2. The van der Waals surface area contributed by atoms with Crippen LogP contribution in [0.25, 0.3) is 0 Å². The molecule has 8 heteroatoms. The van der Waals surface area contributed by atoms with Crippen molar-refractivity contribution in [2.75, 3.05) is 16.6 Å². The second kappa shape index (κ2) is 5.99. The molecule has 0 aromatic heterocycles. The Kier molecular flexibility index (Phi) is 4.15. The summed E-state index contributed by atoms with van der Waals surface area (Å²) in [6.07, 6.45) is 0. The minimum Gasteiger partial charge on any atom is -0.482 e. The number of fused-ring (bicyclic) bond motifs is 1. The molecule has 0 bridgehead atoms. The van der Waals surface area contributed by atoms with Crippen LogP contribution in [0.5, 0.6) is 5.75 Å². The fourth-order valence-electron chi connectivity index (χ4n) is 2.53. The second-order valence-electron chi connectivity index (χ2n) is 5.60. The zero-order chi connectivity index (χ0) is 17.5. The van der Waals surface area contributed by atoms with Crippen LogP contribution < -0.4 is 14.8 Å². The van der Waals surface area contributed by atoms with Gasteiger partial charge in [-0.3, -0.25) is 9.52 Å². The maximum Gasteiger partial charge on any atom is 0.263 e. The highest BCUT2D eigenvalue weighted by atomic mass is 35.5. The molecule has 2 aromatic rings. The Labute approximate surface area is 144 Å². The van der Waals surface area contributed by atoms with Crippen molar-refractivity contribution in [2.45, 2.75) is 18.7 Å². The van der Waals surface area contributed by atoms with Gasteiger partial charge in [0.1, 0.15) is 10.6 Å². The number of hydrogen-bond donors (Lipinski definition) is 2. The molecule has 1 aliphatic heterocycles. The van der Waals surface area contributed by atoms with Crippen molar-refractivity contribution in [3.63, 3.8) is 0 Å². The number of hydrogen-bond acceptors (Lipinski definition) is 4. The molecule has 1 heterocycles. The van der Waals surface area contributed by atoms with E-state index < -0.39 is 10.0 Å². The monoisotopic (exact) mass is 366 g/mol. The fourth-order valence-corrected chi connectivity index (χ4v) is 4.12. The van der Waals surface area contributed by atoms with E-state index in [9.17, 15) is 13.2 Å². The minimum absolute atomic E-state index is 0.00331. The topological polar surface area (TPSA) is 84.5 Å². The molecule has 0 unspecified atom stereocenters. The van der Waals surface area contributed by atoms with E-state index in [1.54, 1.807) is 12.1 Å². The lowest BCUT2D eigenvalue weighted by Crippen LogP contribution is -2.25. The first-order valence-corrected chi connectivity index (χ1v) is 8.98. The van der Waals surface area contributed by atoms with Crippen molar-refractivity contribution in [1.82, 2.24) is 0 Å². The van der Waals surface area contributed by atoms with Gasteiger partial charge >= 0.3 is 0 Å². The molecule has 1 amide bonds. The van der Waals surface area contributed by atoms with E-state index in [4.69, 9.17) is 16.3 Å². The number of anilines is 2. The predicted molar refractivity (Wildman–Crippen MR) is 92.3 cm³/mol. The van der Waals surface area contributed by atoms with Crippen molar-refractivity contribution >= 4 is 38.9 Å². The number of amides is 1. The number of halogens is 1. The van der Waals surface area contributed by atoms with Crippen LogP contribution in [-0.2, 0) is 14.8 Å². The molecule has 24 heavy (non-hydrogen) atoms. The van der Waals surface area contributed by atoms with Gasteiger partial charge < -0.3 is 10.1 Å². The zero-order valence-corrected chi connectivity index (χ0v) is 14.6. The summed E-state index contributed by atoms with van der Waals surface area (Å²) in [5.74, 6) is -0.0534. The summed E-state index contributed by atoms with van der Waals surface area (Å²) >= 11 is 6.10. The van der Waals surface area contributed by atoms with Gasteiger partial charge in [-0.15, -0.1) is 0 Å². The summed E-state index contributed by atoms with van der Waals surface area (Å²) < 4.78 is 33.1. The summed E-state index contributed by atoms with van der Waals surface area (Å²) in [5, 5.41) is 2.58. The van der Waals surface area contributed by atoms with Crippen molar-refractivity contribution < 1.29 is 17.9 Å². The lowest BCUT2D eigenvalue weighted by Gasteiger charge is -2.19. The van der Waals surface area contributed by atoms with Crippen LogP contribution in [0, 0.1) is 13.8 Å². The average molecular weight is 367 g/mol. The normalized spacial score (nSPS) is 13.7. The Balaban J connectivity index is 1.99. The Morgan fingerprint density at radius 3 is 2.46 bits per heavy atom. The molecule has 2 aromatic carbocycles. The molecule has 126 valence electrons. The molecule has 2 N–H and O–H groups in total. The number of aryl methyl sites for hydroxylation is 2. The van der Waals surface area contributed by atoms with Crippen molar-refractivity contribution in [3.8, 4) is 5.75 Å². The summed E-state index contributed by atoms with van der Waals surface area (Å²) in [7, 11) is -3.90. The zero-order valence-electron chi connectivity index (χ0n) is 13.0. The van der Waals surface area contributed by atoms with E-state index >= 15 is 0 Å². The Hall–Kier alpha value is -2.25. The molecule has 0 atom stereocenters. The summed E-state index contributed by atoms with van der Waals surface area (Å²) in [6, 6.07) is 8.08. The first-order chi connectivity index (χ1) is 11.2. The Bertz CT molecular complexity index is 921. The van der Waals surface area contributed by atoms with Crippen molar-refractivity contribution in [3.05, 3.63) is 46.5 Å². The van der Waals surface area contributed by atoms with Gasteiger partial charge in [0.05, 0.1) is 10.7 Å². The number of ether oxygens (including phenoxy) is 1. The molecule has 6 nitrogen and oxygen atoms in total. The standard InChI is InChI=1S/C16H15ClN2O4S/c1-9-3-10(2)5-11(4-9)19-24(21,22)15-7-14-13(6-12(15)17)18-16(20)8-23-14/h3-7,19H,8H2,1-2H3,(H,18,20). The van der Waals surface area contributed by atoms with Crippen LogP contribution >= 0.6 is 11.6 Å². The number of carbonyl (C=O) groups excluding carboxylic acids is 1. The van der Waals surface area contributed by atoms with E-state index in [1.807, 2.05) is 19.9 Å². The van der Waals surface area contributed by atoms with E-state index in [0.717, 1.165) is 11.1 Å². The first-order valence-electron chi connectivity index (χ1n) is 7.12. The van der Waals surface area contributed by atoms with Gasteiger partial charge in [-0.05, 0) is 43.2 Å². The van der Waals surface area contributed by atoms with Crippen LogP contribution in [0.3, 0.4) is 0 Å². The Morgan fingerprint density at radius 1 is 1.12 bits per heavy atom. The van der Waals surface area contributed by atoms with Crippen LogP contribution in [0.1, 0.15) is 11.1 Å². The largest absolute Gasteiger partial charge is 0.482 e. The molecule has 0 fully saturated rings. The first kappa shape index (κ1) is 16.6. The predicted octanol–water partition coefficient (Wildman–Crippen LogP) is 3.09. The number of sulfonamides is 1. The molecule has 1 aliphatic rings. The quantitative estimate of drug-likeness (QED) is 0.874. The van der Waals surface area contributed by atoms with Crippen molar-refractivity contribution in [1.29, 1.82) is 0 Å². The van der Waals surface area contributed by atoms with Gasteiger partial charge in [-0.2, -0.15) is 0 Å². The van der Waals surface area contributed by atoms with Gasteiger partial charge in [0.15, 0.2) is 6.61 Å². The van der Waals surface area contributed by atoms with Crippen molar-refractivity contribution in [2.24, 2.45) is 0 Å². The molecule has 3 rings (SSSR count). The second-order valence-corrected chi connectivity index (χ2v) is 7.66. The lowest BCUT2D eigenvalue weighted by molar-refractivity contribution is -0.118. The molecule has 0 saturated carbocycles. The average Bonchev–Trinajstić information content (AvgIpc) is 2.44. The van der Waals surface area contributed by atoms with Gasteiger partial charge in [-0.25, -0.2) is 8.42 Å². The van der Waals surface area contributed by atoms with Crippen LogP contribution in [0.2, 0.25) is 5.02 Å². The van der Waals surface area contributed by atoms with Gasteiger partial charge in [0.25, 0.3) is 15.9 Å². The maximum absolute atomic E-state index is 12.7. The minimum atomic E-state index is -3.90. The maximum atomic E-state index is 12.7. The number of rotatable bonds is 3. The molecular formula is C16H15ClN2O4S. The fraction of sp³-hybridized carbons (Fsp3) is 0.188. The third kappa shape index (κ3) is 3.32. The smallest absolute Gasteiger partial charge is 0.263 e. The van der Waals surface area contributed by atoms with Crippen LogP contribution in [0.15, 0.2) is 35.2 Å². The number of benzene rings is 2. The Morgan fingerprint density at radius 2 is 1.79 bits per heavy atom. The summed E-state index contributed by atoms with van der Waals surface area (Å²) in [6.45, 7) is 3.60. The van der Waals surface area contributed by atoms with Crippen LogP contribution in [0.4, 0.5) is 11.4 Å². The molecule has 0 spiro atoms. The third-order valence-corrected chi connectivity index (χ3v) is 5.28. The number of carbonyl (C=O) groups is 1. The summed E-state index contributed by atoms with van der Waals surface area (Å²) in [5.41, 5.74) is 2.68. The highest BCUT2D eigenvalue weighted by Gasteiger charge is 2.24. The van der Waals surface area contributed by atoms with E-state index in [1.165, 1.54) is 12.1 Å². The van der Waals surface area contributed by atoms with Gasteiger partial charge in [-0.1, -0.05) is 17.7 Å². The third-order valence-electron chi connectivity index (χ3n) is 3.43. The highest BCUT2D eigenvalue weighted by Crippen LogP contribution is 2.36. The molecule has 0 aliphatic carbocycles. The van der Waals surface area contributed by atoms with E-state index in [2.05, 4.69) is 10.0 Å². The molecule has 0 radical (unpaired) electrons. The molecular weight excluding hydrogens is 352 g/mol. The van der Waals surface area contributed by atoms with E-state index in [0.29, 0.717) is 11.4 Å². The number of nitrogens with one attached hydrogen (secondary N) is 2. The van der Waals surface area contributed by atoms with E-state index in [-0.39, 0.29) is 28.2 Å². The lowest BCUT2D eigenvalue weighted by atomic mass is 10.1. The highest BCUT2D eigenvalue weighted by molar-refractivity contribution is 7.92. The SMILES string of the molecule is Cc1cc(C)cc(NS(=O)(=O)c2cc3c(cc2Cl)NC(=O)CO3)c1.